The first-order chi connectivity index (χ1) is 11.3. The van der Waals surface area contributed by atoms with Crippen molar-refractivity contribution < 1.29 is 19.9 Å². The number of nitrogens with zero attached hydrogens (tertiary/aromatic N) is 2. The second-order valence-electron chi connectivity index (χ2n) is 5.90. The van der Waals surface area contributed by atoms with Gasteiger partial charge in [-0.2, -0.15) is 0 Å². The van der Waals surface area contributed by atoms with E-state index < -0.39 is 23.9 Å². The molecule has 1 unspecified atom stereocenters. The molecule has 0 spiro atoms. The summed E-state index contributed by atoms with van der Waals surface area (Å²) in [5.41, 5.74) is 1.17. The molecule has 9 heteroatoms. The summed E-state index contributed by atoms with van der Waals surface area (Å²) in [7, 11) is -1.52. The van der Waals surface area contributed by atoms with Crippen LogP contribution in [0.3, 0.4) is 0 Å². The Bertz CT molecular complexity index is 860. The lowest BCUT2D eigenvalue weighted by Gasteiger charge is -2.27. The number of hydrogen-bond donors (Lipinski definition) is 3. The lowest BCUT2D eigenvalue weighted by atomic mass is 9.80. The topological polar surface area (TPSA) is 103 Å². The number of fused-ring (bicyclic) bond motifs is 1. The number of thioether (sulfide) groups is 1. The lowest BCUT2D eigenvalue weighted by molar-refractivity contribution is -0.138. The number of aliphatic carboxylic acids is 1. The first-order valence-corrected chi connectivity index (χ1v) is 8.83. The lowest BCUT2D eigenvalue weighted by Crippen LogP contribution is -2.37. The molecule has 0 bridgehead atoms. The van der Waals surface area contributed by atoms with Gasteiger partial charge in [-0.3, -0.25) is 4.99 Å². The van der Waals surface area contributed by atoms with Crippen molar-refractivity contribution in [2.75, 3.05) is 0 Å². The molecule has 2 heterocycles. The molecule has 1 aromatic heterocycles. The normalized spacial score (nSPS) is 19.8. The molecule has 0 saturated carbocycles. The summed E-state index contributed by atoms with van der Waals surface area (Å²) in [6.07, 6.45) is 3.29. The predicted molar refractivity (Wildman–Crippen MR) is 99.0 cm³/mol. The van der Waals surface area contributed by atoms with Crippen molar-refractivity contribution in [1.82, 2.24) is 4.98 Å². The van der Waals surface area contributed by atoms with E-state index in [1.54, 1.807) is 24.3 Å². The van der Waals surface area contributed by atoms with Crippen molar-refractivity contribution in [3.63, 3.8) is 0 Å². The van der Waals surface area contributed by atoms with Crippen LogP contribution in [-0.4, -0.2) is 50.2 Å². The third kappa shape index (κ3) is 3.25. The SMILES string of the molecule is CC1(C)SC(c2nc3ccc(B(O)O)cc3s2)=CC=NC1C(=O)O. The number of allylic oxidation sites excluding steroid dienone is 1. The summed E-state index contributed by atoms with van der Waals surface area (Å²) in [5, 5.41) is 28.7. The Morgan fingerprint density at radius 2 is 2.08 bits per heavy atom. The summed E-state index contributed by atoms with van der Waals surface area (Å²) in [4.78, 5) is 20.9. The van der Waals surface area contributed by atoms with Crippen LogP contribution in [0.25, 0.3) is 15.1 Å². The van der Waals surface area contributed by atoms with Gasteiger partial charge in [0.1, 0.15) is 5.01 Å². The first-order valence-electron chi connectivity index (χ1n) is 7.20. The molecule has 0 amide bonds. The van der Waals surface area contributed by atoms with Crippen LogP contribution >= 0.6 is 23.1 Å². The smallest absolute Gasteiger partial charge is 0.480 e. The molecule has 0 radical (unpaired) electrons. The monoisotopic (exact) mass is 362 g/mol. The number of thiazole rings is 1. The Labute approximate surface area is 147 Å². The van der Waals surface area contributed by atoms with Gasteiger partial charge in [0.2, 0.25) is 0 Å². The Kier molecular flexibility index (Phi) is 4.52. The van der Waals surface area contributed by atoms with Gasteiger partial charge in [-0.25, -0.2) is 9.78 Å². The zero-order chi connectivity index (χ0) is 17.5. The largest absolute Gasteiger partial charge is 0.488 e. The van der Waals surface area contributed by atoms with Gasteiger partial charge in [-0.15, -0.1) is 23.1 Å². The van der Waals surface area contributed by atoms with Crippen molar-refractivity contribution in [2.45, 2.75) is 24.6 Å². The van der Waals surface area contributed by atoms with E-state index in [-0.39, 0.29) is 0 Å². The fourth-order valence-electron chi connectivity index (χ4n) is 2.43. The molecule has 24 heavy (non-hydrogen) atoms. The molecule has 1 aliphatic heterocycles. The van der Waals surface area contributed by atoms with E-state index in [4.69, 9.17) is 0 Å². The van der Waals surface area contributed by atoms with Crippen LogP contribution in [0.15, 0.2) is 29.3 Å². The number of benzene rings is 1. The van der Waals surface area contributed by atoms with Crippen LogP contribution in [0.4, 0.5) is 0 Å². The highest BCUT2D eigenvalue weighted by Gasteiger charge is 2.38. The second kappa shape index (κ2) is 6.32. The maximum absolute atomic E-state index is 11.4. The van der Waals surface area contributed by atoms with E-state index in [1.807, 2.05) is 13.8 Å². The third-order valence-electron chi connectivity index (χ3n) is 3.65. The second-order valence-corrected chi connectivity index (χ2v) is 8.62. The van der Waals surface area contributed by atoms with Gasteiger partial charge in [-0.05, 0) is 37.5 Å². The predicted octanol–water partition coefficient (Wildman–Crippen LogP) is 1.37. The molecule has 0 fully saturated rings. The zero-order valence-electron chi connectivity index (χ0n) is 13.0. The van der Waals surface area contributed by atoms with Gasteiger partial charge in [-0.1, -0.05) is 6.07 Å². The van der Waals surface area contributed by atoms with Gasteiger partial charge < -0.3 is 15.2 Å². The zero-order valence-corrected chi connectivity index (χ0v) is 14.6. The maximum Gasteiger partial charge on any atom is 0.488 e. The van der Waals surface area contributed by atoms with Crippen molar-refractivity contribution in [2.24, 2.45) is 4.99 Å². The number of carboxylic acids is 1. The number of carbonyl (C=O) groups is 1. The van der Waals surface area contributed by atoms with Gasteiger partial charge in [0.25, 0.3) is 0 Å². The maximum atomic E-state index is 11.4. The quantitative estimate of drug-likeness (QED) is 0.713. The number of aromatic nitrogens is 1. The standard InChI is InChI=1S/C15H15BN2O4S2/c1-15(2)12(14(19)20)17-6-5-10(24-15)13-18-9-4-3-8(16(21)22)7-11(9)23-13/h3-7,12,21-22H,1-2H3,(H,19,20). The minimum Gasteiger partial charge on any atom is -0.480 e. The summed E-state index contributed by atoms with van der Waals surface area (Å²) in [5.74, 6) is -0.954. The number of hydrogen-bond acceptors (Lipinski definition) is 7. The van der Waals surface area contributed by atoms with Gasteiger partial charge in [0.15, 0.2) is 6.04 Å². The van der Waals surface area contributed by atoms with E-state index in [9.17, 15) is 19.9 Å². The van der Waals surface area contributed by atoms with Crippen LogP contribution in [0.2, 0.25) is 0 Å². The average Bonchev–Trinajstić information content (AvgIpc) is 2.84. The summed E-state index contributed by atoms with van der Waals surface area (Å²) in [6, 6.07) is 4.23. The molecule has 6 nitrogen and oxygen atoms in total. The van der Waals surface area contributed by atoms with Crippen LogP contribution < -0.4 is 5.46 Å². The number of aliphatic imine (C=N–C) groups is 1. The van der Waals surface area contributed by atoms with Crippen molar-refractivity contribution in [3.8, 4) is 0 Å². The van der Waals surface area contributed by atoms with Gasteiger partial charge in [0.05, 0.1) is 10.2 Å². The van der Waals surface area contributed by atoms with E-state index >= 15 is 0 Å². The van der Waals surface area contributed by atoms with Crippen molar-refractivity contribution in [1.29, 1.82) is 0 Å². The van der Waals surface area contributed by atoms with Crippen LogP contribution in [0.5, 0.6) is 0 Å². The highest BCUT2D eigenvalue weighted by atomic mass is 32.2. The summed E-state index contributed by atoms with van der Waals surface area (Å²) >= 11 is 2.85. The Morgan fingerprint density at radius 1 is 1.33 bits per heavy atom. The van der Waals surface area contributed by atoms with Crippen LogP contribution in [0, 0.1) is 0 Å². The molecule has 3 rings (SSSR count). The molecular formula is C15H15BN2O4S2. The molecule has 124 valence electrons. The molecule has 0 saturated heterocycles. The number of carboxylic acid groups (broad SMARTS) is 1. The molecule has 1 aliphatic rings. The summed E-state index contributed by atoms with van der Waals surface area (Å²) in [6.45, 7) is 3.70. The minimum absolute atomic E-state index is 0.410. The van der Waals surface area contributed by atoms with E-state index in [0.29, 0.717) is 5.46 Å². The fraction of sp³-hybridized carbons (Fsp3) is 0.267. The fourth-order valence-corrected chi connectivity index (χ4v) is 4.72. The van der Waals surface area contributed by atoms with E-state index in [1.165, 1.54) is 29.3 Å². The Balaban J connectivity index is 1.97. The molecule has 1 aromatic carbocycles. The third-order valence-corrected chi connectivity index (χ3v) is 6.13. The molecular weight excluding hydrogens is 347 g/mol. The van der Waals surface area contributed by atoms with Crippen LogP contribution in [-0.2, 0) is 4.79 Å². The van der Waals surface area contributed by atoms with Gasteiger partial charge >= 0.3 is 13.1 Å². The van der Waals surface area contributed by atoms with E-state index in [0.717, 1.165) is 20.1 Å². The highest BCUT2D eigenvalue weighted by molar-refractivity contribution is 8.09. The van der Waals surface area contributed by atoms with Crippen LogP contribution in [0.1, 0.15) is 18.9 Å². The molecule has 3 N–H and O–H groups in total. The van der Waals surface area contributed by atoms with E-state index in [2.05, 4.69) is 9.98 Å². The molecule has 0 aliphatic carbocycles. The van der Waals surface area contributed by atoms with Gasteiger partial charge in [0, 0.05) is 15.9 Å². The average molecular weight is 362 g/mol. The minimum atomic E-state index is -1.52. The Hall–Kier alpha value is -1.68. The van der Waals surface area contributed by atoms with Crippen molar-refractivity contribution in [3.05, 3.63) is 29.3 Å². The van der Waals surface area contributed by atoms with Crippen molar-refractivity contribution >= 4 is 63.0 Å². The highest BCUT2D eigenvalue weighted by Crippen LogP contribution is 2.43. The molecule has 1 atom stereocenters. The molecule has 2 aromatic rings. The first kappa shape index (κ1) is 17.2. The number of rotatable bonds is 3. The summed E-state index contributed by atoms with van der Waals surface area (Å²) < 4.78 is 0.223. The Morgan fingerprint density at radius 3 is 2.75 bits per heavy atom.